The van der Waals surface area contributed by atoms with Crippen molar-refractivity contribution in [2.24, 2.45) is 0 Å². The van der Waals surface area contributed by atoms with E-state index in [1.165, 1.54) is 5.56 Å². The number of ether oxygens (including phenoxy) is 1. The van der Waals surface area contributed by atoms with Crippen LogP contribution in [0.1, 0.15) is 54.6 Å². The van der Waals surface area contributed by atoms with Gasteiger partial charge in [-0.1, -0.05) is 35.9 Å². The van der Waals surface area contributed by atoms with Crippen LogP contribution in [0.15, 0.2) is 60.7 Å². The van der Waals surface area contributed by atoms with Gasteiger partial charge in [0.25, 0.3) is 5.91 Å². The number of hydrogen-bond acceptors (Lipinski definition) is 3. The van der Waals surface area contributed by atoms with Crippen LogP contribution in [0, 0.1) is 20.8 Å². The van der Waals surface area contributed by atoms with E-state index in [0.717, 1.165) is 27.9 Å². The number of hydrogen-bond donors (Lipinski definition) is 1. The second-order valence-corrected chi connectivity index (χ2v) is 7.63. The summed E-state index contributed by atoms with van der Waals surface area (Å²) >= 11 is 0. The lowest BCUT2D eigenvalue weighted by atomic mass is 9.92. The first-order valence-electron chi connectivity index (χ1n) is 9.70. The Kier molecular flexibility index (Phi) is 4.93. The maximum Gasteiger partial charge on any atom is 0.339 e. The average molecular weight is 385 g/mol. The first-order chi connectivity index (χ1) is 13.9. The largest absolute Gasteiger partial charge is 0.454 e. The number of aryl methyl sites for hydroxylation is 3. The van der Waals surface area contributed by atoms with Crippen molar-refractivity contribution in [1.82, 2.24) is 0 Å². The van der Waals surface area contributed by atoms with Crippen molar-refractivity contribution in [3.05, 3.63) is 99.6 Å². The molecule has 29 heavy (non-hydrogen) atoms. The van der Waals surface area contributed by atoms with Gasteiger partial charge in [-0.05, 0) is 73.4 Å². The molecule has 1 heterocycles. The molecule has 1 N–H and O–H groups in total. The van der Waals surface area contributed by atoms with Gasteiger partial charge in [-0.3, -0.25) is 4.79 Å². The molecule has 0 radical (unpaired) electrons. The number of anilines is 1. The van der Waals surface area contributed by atoms with Crippen LogP contribution in [-0.4, -0.2) is 11.9 Å². The minimum Gasteiger partial charge on any atom is -0.454 e. The number of fused-ring (bicyclic) bond motifs is 1. The molecule has 146 valence electrons. The second-order valence-electron chi connectivity index (χ2n) is 7.63. The molecule has 0 fully saturated rings. The molecule has 0 unspecified atom stereocenters. The highest BCUT2D eigenvalue weighted by Crippen LogP contribution is 2.31. The van der Waals surface area contributed by atoms with Gasteiger partial charge in [-0.2, -0.15) is 0 Å². The lowest BCUT2D eigenvalue weighted by molar-refractivity contribution is 0.0252. The van der Waals surface area contributed by atoms with E-state index in [0.29, 0.717) is 17.5 Å². The summed E-state index contributed by atoms with van der Waals surface area (Å²) < 4.78 is 5.62. The van der Waals surface area contributed by atoms with Crippen molar-refractivity contribution in [1.29, 1.82) is 0 Å². The Labute approximate surface area is 170 Å². The molecule has 1 amide bonds. The summed E-state index contributed by atoms with van der Waals surface area (Å²) in [5, 5.41) is 2.94. The zero-order valence-corrected chi connectivity index (χ0v) is 16.8. The second kappa shape index (κ2) is 7.55. The van der Waals surface area contributed by atoms with Crippen LogP contribution < -0.4 is 5.32 Å². The van der Waals surface area contributed by atoms with Gasteiger partial charge < -0.3 is 10.1 Å². The van der Waals surface area contributed by atoms with Gasteiger partial charge in [-0.15, -0.1) is 0 Å². The van der Waals surface area contributed by atoms with Crippen molar-refractivity contribution in [2.45, 2.75) is 33.3 Å². The quantitative estimate of drug-likeness (QED) is 0.621. The number of nitrogens with one attached hydrogen (secondary N) is 1. The molecule has 4 rings (SSSR count). The number of esters is 1. The summed E-state index contributed by atoms with van der Waals surface area (Å²) in [4.78, 5) is 25.2. The molecular weight excluding hydrogens is 362 g/mol. The molecule has 3 aromatic carbocycles. The Balaban J connectivity index is 1.58. The number of carbonyl (C=O) groups is 2. The monoisotopic (exact) mass is 385 g/mol. The van der Waals surface area contributed by atoms with Crippen molar-refractivity contribution in [2.75, 3.05) is 5.32 Å². The van der Waals surface area contributed by atoms with Crippen molar-refractivity contribution < 1.29 is 14.3 Å². The van der Waals surface area contributed by atoms with Crippen molar-refractivity contribution >= 4 is 17.6 Å². The molecule has 0 spiro atoms. The predicted octanol–water partition coefficient (Wildman–Crippen LogP) is 5.32. The predicted molar refractivity (Wildman–Crippen MR) is 113 cm³/mol. The number of carbonyl (C=O) groups excluding carboxylic acids is 2. The molecule has 1 aliphatic heterocycles. The molecular formula is C25H23NO3. The van der Waals surface area contributed by atoms with Crippen LogP contribution in [0.25, 0.3) is 0 Å². The van der Waals surface area contributed by atoms with E-state index in [1.54, 1.807) is 18.2 Å². The van der Waals surface area contributed by atoms with E-state index >= 15 is 0 Å². The topological polar surface area (TPSA) is 55.4 Å². The Morgan fingerprint density at radius 1 is 0.931 bits per heavy atom. The van der Waals surface area contributed by atoms with Crippen LogP contribution in [0.5, 0.6) is 0 Å². The van der Waals surface area contributed by atoms with Gasteiger partial charge in [0, 0.05) is 17.7 Å². The van der Waals surface area contributed by atoms with Gasteiger partial charge in [0.15, 0.2) is 0 Å². The average Bonchev–Trinajstić information content (AvgIpc) is 2.71. The zero-order chi connectivity index (χ0) is 20.5. The van der Waals surface area contributed by atoms with Crippen molar-refractivity contribution in [3.63, 3.8) is 0 Å². The molecule has 0 saturated heterocycles. The number of rotatable bonds is 3. The normalized spacial score (nSPS) is 15.4. The Morgan fingerprint density at radius 2 is 1.69 bits per heavy atom. The smallest absolute Gasteiger partial charge is 0.339 e. The fourth-order valence-electron chi connectivity index (χ4n) is 3.53. The summed E-state index contributed by atoms with van der Waals surface area (Å²) in [6, 6.07) is 19.0. The summed E-state index contributed by atoms with van der Waals surface area (Å²) in [5.41, 5.74) is 7.05. The SMILES string of the molecule is Cc1ccc([C@H]2Cc3cc(C(=O)Nc4ccc(C)c(C)c4)ccc3C(=O)O2)cc1. The van der Waals surface area contributed by atoms with E-state index < -0.39 is 0 Å². The fraction of sp³-hybridized carbons (Fsp3) is 0.200. The molecule has 0 aliphatic carbocycles. The molecule has 1 atom stereocenters. The molecule has 0 saturated carbocycles. The highest BCUT2D eigenvalue weighted by atomic mass is 16.5. The van der Waals surface area contributed by atoms with Crippen LogP contribution >= 0.6 is 0 Å². The zero-order valence-electron chi connectivity index (χ0n) is 16.8. The van der Waals surface area contributed by atoms with Gasteiger partial charge in [-0.25, -0.2) is 4.79 Å². The number of benzene rings is 3. The third-order valence-corrected chi connectivity index (χ3v) is 5.46. The highest BCUT2D eigenvalue weighted by Gasteiger charge is 2.28. The minimum atomic E-state index is -0.349. The van der Waals surface area contributed by atoms with Crippen LogP contribution in [0.4, 0.5) is 5.69 Å². The lowest BCUT2D eigenvalue weighted by Crippen LogP contribution is -2.23. The van der Waals surface area contributed by atoms with Crippen LogP contribution in [0.3, 0.4) is 0 Å². The molecule has 0 aromatic heterocycles. The van der Waals surface area contributed by atoms with Crippen molar-refractivity contribution in [3.8, 4) is 0 Å². The van der Waals surface area contributed by atoms with Gasteiger partial charge in [0.05, 0.1) is 5.56 Å². The first-order valence-corrected chi connectivity index (χ1v) is 9.70. The van der Waals surface area contributed by atoms with Gasteiger partial charge in [0.1, 0.15) is 6.10 Å². The highest BCUT2D eigenvalue weighted by molar-refractivity contribution is 6.05. The maximum absolute atomic E-state index is 12.7. The fourth-order valence-corrected chi connectivity index (χ4v) is 3.53. The lowest BCUT2D eigenvalue weighted by Gasteiger charge is -2.25. The minimum absolute atomic E-state index is 0.193. The molecule has 4 nitrogen and oxygen atoms in total. The number of amides is 1. The third-order valence-electron chi connectivity index (χ3n) is 5.46. The molecule has 1 aliphatic rings. The third kappa shape index (κ3) is 3.92. The Morgan fingerprint density at radius 3 is 2.41 bits per heavy atom. The van der Waals surface area contributed by atoms with Crippen LogP contribution in [-0.2, 0) is 11.2 Å². The summed E-state index contributed by atoms with van der Waals surface area (Å²) in [7, 11) is 0. The maximum atomic E-state index is 12.7. The summed E-state index contributed by atoms with van der Waals surface area (Å²) in [6.45, 7) is 6.07. The Hall–Kier alpha value is -3.40. The van der Waals surface area contributed by atoms with Crippen LogP contribution in [0.2, 0.25) is 0 Å². The summed E-state index contributed by atoms with van der Waals surface area (Å²) in [5.74, 6) is -0.542. The first kappa shape index (κ1) is 18.9. The van der Waals surface area contributed by atoms with E-state index in [1.807, 2.05) is 63.2 Å². The molecule has 0 bridgehead atoms. The summed E-state index contributed by atoms with van der Waals surface area (Å²) in [6.07, 6.45) is 0.211. The van der Waals surface area contributed by atoms with Gasteiger partial charge >= 0.3 is 5.97 Å². The van der Waals surface area contributed by atoms with Gasteiger partial charge in [0.2, 0.25) is 0 Å². The number of cyclic esters (lactones) is 1. The van der Waals surface area contributed by atoms with E-state index in [4.69, 9.17) is 4.74 Å². The molecule has 4 heteroatoms. The van der Waals surface area contributed by atoms with E-state index in [9.17, 15) is 9.59 Å². The van der Waals surface area contributed by atoms with E-state index in [2.05, 4.69) is 5.32 Å². The Bertz CT molecular complexity index is 1100. The standard InChI is InChI=1S/C25H23NO3/c1-15-4-7-18(8-5-15)23-14-20-13-19(9-11-22(20)25(28)29-23)24(27)26-21-10-6-16(2)17(3)12-21/h4-13,23H,14H2,1-3H3,(H,26,27)/t23-/m1/s1. The molecule has 3 aromatic rings. The van der Waals surface area contributed by atoms with E-state index in [-0.39, 0.29) is 18.0 Å².